The number of hydrogen-bond acceptors (Lipinski definition) is 5. The van der Waals surface area contributed by atoms with E-state index < -0.39 is 0 Å². The standard InChI is InChI=1S/C20H21N7O/c1-12-17-18(21)22-11-23-19(17)27(24-12)13(2)15-10-14-6-3-4-8-25(14)20(15)26-9-5-7-16(26)28/h3-4,6,8,10-11,13H,5,7,9H2,1-2H3,(H2,21,22,23). The van der Waals surface area contributed by atoms with Gasteiger partial charge in [0.15, 0.2) is 5.65 Å². The van der Waals surface area contributed by atoms with E-state index in [-0.39, 0.29) is 11.9 Å². The third-order valence-corrected chi connectivity index (χ3v) is 5.52. The number of amides is 1. The van der Waals surface area contributed by atoms with E-state index in [2.05, 4.69) is 27.4 Å². The van der Waals surface area contributed by atoms with Crippen molar-refractivity contribution in [2.24, 2.45) is 0 Å². The summed E-state index contributed by atoms with van der Waals surface area (Å²) in [4.78, 5) is 23.0. The Bertz CT molecular complexity index is 1220. The van der Waals surface area contributed by atoms with Gasteiger partial charge < -0.3 is 10.1 Å². The number of carbonyl (C=O) groups is 1. The molecule has 0 aliphatic carbocycles. The van der Waals surface area contributed by atoms with Crippen LogP contribution in [0.15, 0.2) is 36.8 Å². The molecule has 1 aliphatic heterocycles. The summed E-state index contributed by atoms with van der Waals surface area (Å²) < 4.78 is 3.96. The van der Waals surface area contributed by atoms with Gasteiger partial charge in [-0.15, -0.1) is 0 Å². The van der Waals surface area contributed by atoms with E-state index in [0.29, 0.717) is 17.9 Å². The van der Waals surface area contributed by atoms with Gasteiger partial charge in [-0.05, 0) is 38.5 Å². The van der Waals surface area contributed by atoms with E-state index in [4.69, 9.17) is 10.8 Å². The lowest BCUT2D eigenvalue weighted by Gasteiger charge is -2.21. The molecule has 1 atom stereocenters. The lowest BCUT2D eigenvalue weighted by molar-refractivity contribution is -0.117. The van der Waals surface area contributed by atoms with Crippen LogP contribution in [0.5, 0.6) is 0 Å². The van der Waals surface area contributed by atoms with Crippen LogP contribution < -0.4 is 10.6 Å². The first-order valence-corrected chi connectivity index (χ1v) is 9.42. The predicted molar refractivity (Wildman–Crippen MR) is 107 cm³/mol. The Hall–Kier alpha value is -3.42. The van der Waals surface area contributed by atoms with Gasteiger partial charge in [0.05, 0.1) is 17.1 Å². The van der Waals surface area contributed by atoms with Crippen molar-refractivity contribution in [3.8, 4) is 0 Å². The Morgan fingerprint density at radius 1 is 1.25 bits per heavy atom. The largest absolute Gasteiger partial charge is 0.383 e. The summed E-state index contributed by atoms with van der Waals surface area (Å²) in [6, 6.07) is 8.02. The van der Waals surface area contributed by atoms with E-state index in [1.54, 1.807) is 0 Å². The van der Waals surface area contributed by atoms with Gasteiger partial charge in [0.2, 0.25) is 5.91 Å². The fraction of sp³-hybridized carbons (Fsp3) is 0.300. The molecule has 8 heteroatoms. The summed E-state index contributed by atoms with van der Waals surface area (Å²) in [5.74, 6) is 1.50. The summed E-state index contributed by atoms with van der Waals surface area (Å²) in [5, 5.41) is 5.48. The average molecular weight is 375 g/mol. The van der Waals surface area contributed by atoms with Crippen LogP contribution in [-0.2, 0) is 4.79 Å². The van der Waals surface area contributed by atoms with Gasteiger partial charge in [0.1, 0.15) is 18.0 Å². The molecular formula is C20H21N7O. The second-order valence-corrected chi connectivity index (χ2v) is 7.23. The Balaban J connectivity index is 1.74. The van der Waals surface area contributed by atoms with Crippen LogP contribution in [0.2, 0.25) is 0 Å². The zero-order chi connectivity index (χ0) is 19.4. The maximum Gasteiger partial charge on any atom is 0.228 e. The molecule has 0 spiro atoms. The Labute approximate surface area is 161 Å². The van der Waals surface area contributed by atoms with Crippen LogP contribution in [-0.4, -0.2) is 36.6 Å². The first kappa shape index (κ1) is 16.7. The molecule has 5 rings (SSSR count). The van der Waals surface area contributed by atoms with Gasteiger partial charge in [0.25, 0.3) is 0 Å². The zero-order valence-corrected chi connectivity index (χ0v) is 15.8. The van der Waals surface area contributed by atoms with Crippen molar-refractivity contribution >= 4 is 34.1 Å². The number of anilines is 2. The van der Waals surface area contributed by atoms with Crippen molar-refractivity contribution in [3.05, 3.63) is 48.0 Å². The van der Waals surface area contributed by atoms with Crippen molar-refractivity contribution < 1.29 is 4.79 Å². The number of pyridine rings is 1. The van der Waals surface area contributed by atoms with E-state index in [0.717, 1.165) is 40.9 Å². The van der Waals surface area contributed by atoms with Crippen LogP contribution in [0.1, 0.15) is 37.1 Å². The number of nitrogens with zero attached hydrogens (tertiary/aromatic N) is 6. The molecular weight excluding hydrogens is 354 g/mol. The quantitative estimate of drug-likeness (QED) is 0.594. The minimum atomic E-state index is -0.131. The van der Waals surface area contributed by atoms with E-state index in [1.807, 2.05) is 40.9 Å². The minimum absolute atomic E-state index is 0.131. The summed E-state index contributed by atoms with van der Waals surface area (Å²) >= 11 is 0. The first-order valence-electron chi connectivity index (χ1n) is 9.42. The number of aryl methyl sites for hydroxylation is 1. The van der Waals surface area contributed by atoms with Crippen molar-refractivity contribution in [2.75, 3.05) is 17.2 Å². The minimum Gasteiger partial charge on any atom is -0.383 e. The molecule has 4 aromatic heterocycles. The van der Waals surface area contributed by atoms with E-state index in [9.17, 15) is 4.79 Å². The molecule has 8 nitrogen and oxygen atoms in total. The molecule has 1 amide bonds. The third-order valence-electron chi connectivity index (χ3n) is 5.52. The molecule has 5 heterocycles. The third kappa shape index (κ3) is 2.30. The molecule has 1 fully saturated rings. The highest BCUT2D eigenvalue weighted by atomic mass is 16.2. The Morgan fingerprint density at radius 2 is 2.11 bits per heavy atom. The number of nitrogens with two attached hydrogens (primary N) is 1. The van der Waals surface area contributed by atoms with Crippen LogP contribution in [0.25, 0.3) is 16.6 Å². The highest BCUT2D eigenvalue weighted by Gasteiger charge is 2.30. The van der Waals surface area contributed by atoms with Gasteiger partial charge in [0, 0.05) is 30.2 Å². The first-order chi connectivity index (χ1) is 13.6. The number of rotatable bonds is 3. The van der Waals surface area contributed by atoms with Gasteiger partial charge in [-0.2, -0.15) is 5.10 Å². The SMILES string of the molecule is Cc1nn(C(C)c2cc3ccccn3c2N2CCCC2=O)c2ncnc(N)c12. The second-order valence-electron chi connectivity index (χ2n) is 7.23. The fourth-order valence-corrected chi connectivity index (χ4v) is 4.17. The van der Waals surface area contributed by atoms with Crippen molar-refractivity contribution in [1.82, 2.24) is 24.1 Å². The molecule has 0 aromatic carbocycles. The predicted octanol–water partition coefficient (Wildman–Crippen LogP) is 2.71. The van der Waals surface area contributed by atoms with Gasteiger partial charge in [-0.3, -0.25) is 9.69 Å². The van der Waals surface area contributed by atoms with Crippen LogP contribution in [0, 0.1) is 6.92 Å². The summed E-state index contributed by atoms with van der Waals surface area (Å²) in [5.41, 5.74) is 9.62. The molecule has 28 heavy (non-hydrogen) atoms. The van der Waals surface area contributed by atoms with Crippen molar-refractivity contribution in [3.63, 3.8) is 0 Å². The van der Waals surface area contributed by atoms with Crippen molar-refractivity contribution in [1.29, 1.82) is 0 Å². The lowest BCUT2D eigenvalue weighted by atomic mass is 10.1. The van der Waals surface area contributed by atoms with Crippen LogP contribution in [0.4, 0.5) is 11.6 Å². The normalized spacial score (nSPS) is 15.8. The van der Waals surface area contributed by atoms with Crippen molar-refractivity contribution in [2.45, 2.75) is 32.7 Å². The topological polar surface area (TPSA) is 94.3 Å². The zero-order valence-electron chi connectivity index (χ0n) is 15.8. The Morgan fingerprint density at radius 3 is 2.89 bits per heavy atom. The molecule has 0 saturated carbocycles. The lowest BCUT2D eigenvalue weighted by Crippen LogP contribution is -2.27. The fourth-order valence-electron chi connectivity index (χ4n) is 4.17. The molecule has 142 valence electrons. The number of nitrogen functional groups attached to an aromatic ring is 1. The summed E-state index contributed by atoms with van der Waals surface area (Å²) in [6.07, 6.45) is 4.92. The van der Waals surface area contributed by atoms with Gasteiger partial charge in [-0.1, -0.05) is 6.07 Å². The molecule has 0 bridgehead atoms. The van der Waals surface area contributed by atoms with Gasteiger partial charge >= 0.3 is 0 Å². The maximum atomic E-state index is 12.5. The Kier molecular flexibility index (Phi) is 3.61. The monoisotopic (exact) mass is 375 g/mol. The summed E-state index contributed by atoms with van der Waals surface area (Å²) in [7, 11) is 0. The van der Waals surface area contributed by atoms with Gasteiger partial charge in [-0.25, -0.2) is 14.6 Å². The number of hydrogen-bond donors (Lipinski definition) is 1. The smallest absolute Gasteiger partial charge is 0.228 e. The van der Waals surface area contributed by atoms with Crippen LogP contribution >= 0.6 is 0 Å². The molecule has 2 N–H and O–H groups in total. The second kappa shape index (κ2) is 6.05. The van der Waals surface area contributed by atoms with E-state index >= 15 is 0 Å². The molecule has 1 unspecified atom stereocenters. The highest BCUT2D eigenvalue weighted by molar-refractivity contribution is 5.96. The average Bonchev–Trinajstić information content (AvgIpc) is 3.37. The molecule has 0 radical (unpaired) electrons. The number of carbonyl (C=O) groups excluding carboxylic acids is 1. The highest BCUT2D eigenvalue weighted by Crippen LogP contribution is 2.36. The van der Waals surface area contributed by atoms with E-state index in [1.165, 1.54) is 6.33 Å². The van der Waals surface area contributed by atoms with Crippen LogP contribution in [0.3, 0.4) is 0 Å². The molecule has 1 saturated heterocycles. The number of fused-ring (bicyclic) bond motifs is 2. The molecule has 1 aliphatic rings. The molecule has 4 aromatic rings. The summed E-state index contributed by atoms with van der Waals surface area (Å²) in [6.45, 7) is 4.71. The number of aromatic nitrogens is 5. The maximum absolute atomic E-state index is 12.5.